The molecule has 3 aromatic rings. The molecule has 3 rings (SSSR count). The van der Waals surface area contributed by atoms with E-state index in [1.165, 1.54) is 7.11 Å². The molecular formula is C23H22N2O3. The van der Waals surface area contributed by atoms with Crippen LogP contribution in [0.4, 0.5) is 11.4 Å². The van der Waals surface area contributed by atoms with Gasteiger partial charge in [-0.3, -0.25) is 4.79 Å². The SMILES string of the molecule is COC(=O)c1cccc(NCC(=O)N(Cc2ccccc2)c2ccccc2)c1. The van der Waals surface area contributed by atoms with Crippen molar-refractivity contribution in [2.24, 2.45) is 0 Å². The van der Waals surface area contributed by atoms with E-state index < -0.39 is 5.97 Å². The molecule has 142 valence electrons. The molecule has 3 aromatic carbocycles. The Labute approximate surface area is 164 Å². The normalized spacial score (nSPS) is 10.2. The molecule has 0 atom stereocenters. The standard InChI is InChI=1S/C23H22N2O3/c1-28-23(27)19-11-8-12-20(15-19)24-16-22(26)25(21-13-6-3-7-14-21)17-18-9-4-2-5-10-18/h2-15,24H,16-17H2,1H3. The Balaban J connectivity index is 1.74. The number of amides is 1. The zero-order chi connectivity index (χ0) is 19.8. The molecule has 0 aromatic heterocycles. The second-order valence-corrected chi connectivity index (χ2v) is 6.23. The second kappa shape index (κ2) is 9.37. The Morgan fingerprint density at radius 1 is 0.893 bits per heavy atom. The number of ether oxygens (including phenoxy) is 1. The zero-order valence-electron chi connectivity index (χ0n) is 15.7. The third-order valence-electron chi connectivity index (χ3n) is 4.28. The Morgan fingerprint density at radius 3 is 2.25 bits per heavy atom. The van der Waals surface area contributed by atoms with Gasteiger partial charge in [0.25, 0.3) is 0 Å². The summed E-state index contributed by atoms with van der Waals surface area (Å²) in [5, 5.41) is 3.10. The quantitative estimate of drug-likeness (QED) is 0.632. The topological polar surface area (TPSA) is 58.6 Å². The van der Waals surface area contributed by atoms with E-state index in [0.717, 1.165) is 11.3 Å². The molecule has 1 N–H and O–H groups in total. The van der Waals surface area contributed by atoms with Gasteiger partial charge in [0.1, 0.15) is 0 Å². The number of rotatable bonds is 7. The first-order chi connectivity index (χ1) is 13.7. The van der Waals surface area contributed by atoms with Crippen molar-refractivity contribution in [3.63, 3.8) is 0 Å². The number of hydrogen-bond acceptors (Lipinski definition) is 4. The molecule has 0 spiro atoms. The number of anilines is 2. The molecule has 28 heavy (non-hydrogen) atoms. The Kier molecular flexibility index (Phi) is 6.41. The monoisotopic (exact) mass is 374 g/mol. The zero-order valence-corrected chi connectivity index (χ0v) is 15.7. The summed E-state index contributed by atoms with van der Waals surface area (Å²) in [4.78, 5) is 26.4. The van der Waals surface area contributed by atoms with Crippen LogP contribution in [-0.2, 0) is 16.1 Å². The third-order valence-corrected chi connectivity index (χ3v) is 4.28. The van der Waals surface area contributed by atoms with Gasteiger partial charge in [-0.25, -0.2) is 4.79 Å². The van der Waals surface area contributed by atoms with E-state index in [4.69, 9.17) is 4.74 Å². The molecule has 5 heteroatoms. The Bertz CT molecular complexity index is 927. The van der Waals surface area contributed by atoms with E-state index in [-0.39, 0.29) is 12.5 Å². The van der Waals surface area contributed by atoms with Crippen molar-refractivity contribution in [3.05, 3.63) is 96.1 Å². The second-order valence-electron chi connectivity index (χ2n) is 6.23. The molecule has 0 fully saturated rings. The average molecular weight is 374 g/mol. The third kappa shape index (κ3) is 4.98. The van der Waals surface area contributed by atoms with E-state index in [2.05, 4.69) is 5.32 Å². The molecule has 0 radical (unpaired) electrons. The van der Waals surface area contributed by atoms with Crippen molar-refractivity contribution in [2.75, 3.05) is 23.9 Å². The van der Waals surface area contributed by atoms with Gasteiger partial charge in [0.05, 0.1) is 25.8 Å². The van der Waals surface area contributed by atoms with Gasteiger partial charge >= 0.3 is 5.97 Å². The summed E-state index contributed by atoms with van der Waals surface area (Å²) in [7, 11) is 1.34. The lowest BCUT2D eigenvalue weighted by molar-refractivity contribution is -0.117. The van der Waals surface area contributed by atoms with Crippen molar-refractivity contribution < 1.29 is 14.3 Å². The fraction of sp³-hybridized carbons (Fsp3) is 0.130. The number of benzene rings is 3. The van der Waals surface area contributed by atoms with E-state index in [0.29, 0.717) is 17.8 Å². The fourth-order valence-corrected chi connectivity index (χ4v) is 2.84. The van der Waals surface area contributed by atoms with Crippen LogP contribution in [0.5, 0.6) is 0 Å². The van der Waals surface area contributed by atoms with Crippen LogP contribution in [0.15, 0.2) is 84.9 Å². The van der Waals surface area contributed by atoms with Crippen LogP contribution < -0.4 is 10.2 Å². The van der Waals surface area contributed by atoms with Gasteiger partial charge in [0, 0.05) is 11.4 Å². The van der Waals surface area contributed by atoms with Crippen LogP contribution in [0, 0.1) is 0 Å². The molecule has 0 aliphatic carbocycles. The van der Waals surface area contributed by atoms with Crippen LogP contribution in [-0.4, -0.2) is 25.5 Å². The first kappa shape index (κ1) is 19.2. The minimum atomic E-state index is -0.412. The molecule has 0 saturated carbocycles. The summed E-state index contributed by atoms with van der Waals surface area (Å²) in [6.07, 6.45) is 0. The Hall–Kier alpha value is -3.60. The largest absolute Gasteiger partial charge is 0.465 e. The molecule has 0 aliphatic heterocycles. The van der Waals surface area contributed by atoms with E-state index in [1.54, 1.807) is 23.1 Å². The molecular weight excluding hydrogens is 352 g/mol. The van der Waals surface area contributed by atoms with E-state index >= 15 is 0 Å². The van der Waals surface area contributed by atoms with Gasteiger partial charge in [-0.2, -0.15) is 0 Å². The average Bonchev–Trinajstić information content (AvgIpc) is 2.76. The summed E-state index contributed by atoms with van der Waals surface area (Å²) >= 11 is 0. The number of carbonyl (C=O) groups is 2. The van der Waals surface area contributed by atoms with Gasteiger partial charge in [-0.05, 0) is 35.9 Å². The molecule has 0 bridgehead atoms. The summed E-state index contributed by atoms with van der Waals surface area (Å²) in [5.41, 5.74) is 3.00. The molecule has 5 nitrogen and oxygen atoms in total. The van der Waals surface area contributed by atoms with Crippen molar-refractivity contribution in [2.45, 2.75) is 6.54 Å². The first-order valence-corrected chi connectivity index (χ1v) is 8.99. The number of nitrogens with zero attached hydrogens (tertiary/aromatic N) is 1. The lowest BCUT2D eigenvalue weighted by Crippen LogP contribution is -2.35. The van der Waals surface area contributed by atoms with Crippen molar-refractivity contribution >= 4 is 23.3 Å². The summed E-state index contributed by atoms with van der Waals surface area (Å²) in [6.45, 7) is 0.583. The van der Waals surface area contributed by atoms with Crippen molar-refractivity contribution in [1.29, 1.82) is 0 Å². The fourth-order valence-electron chi connectivity index (χ4n) is 2.84. The minimum Gasteiger partial charge on any atom is -0.465 e. The highest BCUT2D eigenvalue weighted by molar-refractivity contribution is 5.96. The van der Waals surface area contributed by atoms with Gasteiger partial charge in [-0.15, -0.1) is 0 Å². The molecule has 0 aliphatic rings. The predicted molar refractivity (Wildman–Crippen MR) is 110 cm³/mol. The molecule has 0 heterocycles. The summed E-state index contributed by atoms with van der Waals surface area (Å²) in [6, 6.07) is 26.3. The van der Waals surface area contributed by atoms with E-state index in [1.807, 2.05) is 66.7 Å². The summed E-state index contributed by atoms with van der Waals surface area (Å²) in [5.74, 6) is -0.483. The highest BCUT2D eigenvalue weighted by Gasteiger charge is 2.16. The smallest absolute Gasteiger partial charge is 0.337 e. The number of hydrogen-bond donors (Lipinski definition) is 1. The highest BCUT2D eigenvalue weighted by Crippen LogP contribution is 2.18. The highest BCUT2D eigenvalue weighted by atomic mass is 16.5. The lowest BCUT2D eigenvalue weighted by atomic mass is 10.2. The van der Waals surface area contributed by atoms with E-state index in [9.17, 15) is 9.59 Å². The van der Waals surface area contributed by atoms with Crippen LogP contribution >= 0.6 is 0 Å². The number of carbonyl (C=O) groups excluding carboxylic acids is 2. The van der Waals surface area contributed by atoms with Gasteiger partial charge < -0.3 is 15.0 Å². The maximum Gasteiger partial charge on any atom is 0.337 e. The van der Waals surface area contributed by atoms with Crippen molar-refractivity contribution in [1.82, 2.24) is 0 Å². The van der Waals surface area contributed by atoms with Gasteiger partial charge in [-0.1, -0.05) is 54.6 Å². The van der Waals surface area contributed by atoms with Gasteiger partial charge in [0.2, 0.25) is 5.91 Å². The van der Waals surface area contributed by atoms with Crippen molar-refractivity contribution in [3.8, 4) is 0 Å². The van der Waals surface area contributed by atoms with Crippen LogP contribution in [0.25, 0.3) is 0 Å². The maximum atomic E-state index is 13.0. The first-order valence-electron chi connectivity index (χ1n) is 8.99. The lowest BCUT2D eigenvalue weighted by Gasteiger charge is -2.23. The predicted octanol–water partition coefficient (Wildman–Crippen LogP) is 4.12. The number of para-hydroxylation sites is 1. The number of methoxy groups -OCH3 is 1. The molecule has 1 amide bonds. The maximum absolute atomic E-state index is 13.0. The minimum absolute atomic E-state index is 0.0708. The Morgan fingerprint density at radius 2 is 1.57 bits per heavy atom. The molecule has 0 saturated heterocycles. The van der Waals surface area contributed by atoms with Crippen LogP contribution in [0.1, 0.15) is 15.9 Å². The molecule has 0 unspecified atom stereocenters. The number of esters is 1. The van der Waals surface area contributed by atoms with Crippen LogP contribution in [0.3, 0.4) is 0 Å². The summed E-state index contributed by atoms with van der Waals surface area (Å²) < 4.78 is 4.74. The van der Waals surface area contributed by atoms with Crippen LogP contribution in [0.2, 0.25) is 0 Å². The number of nitrogens with one attached hydrogen (secondary N) is 1. The van der Waals surface area contributed by atoms with Gasteiger partial charge in [0.15, 0.2) is 0 Å².